The highest BCUT2D eigenvalue weighted by Gasteiger charge is 2.13. The second kappa shape index (κ2) is 5.34. The zero-order valence-electron chi connectivity index (χ0n) is 10.3. The molecule has 98 valence electrons. The number of carbonyl (C=O) groups excluding carboxylic acids is 1. The van der Waals surface area contributed by atoms with Gasteiger partial charge in [0.25, 0.3) is 11.6 Å². The molecule has 0 aliphatic carbocycles. The third-order valence-electron chi connectivity index (χ3n) is 2.65. The molecule has 0 atom stereocenters. The summed E-state index contributed by atoms with van der Waals surface area (Å²) in [7, 11) is 0. The number of aromatic amines is 1. The van der Waals surface area contributed by atoms with Crippen molar-refractivity contribution in [3.8, 4) is 0 Å². The molecular weight excluding hydrogens is 246 g/mol. The number of aryl methyl sites for hydroxylation is 1. The van der Waals surface area contributed by atoms with E-state index in [0.717, 1.165) is 5.56 Å². The van der Waals surface area contributed by atoms with E-state index in [2.05, 4.69) is 10.3 Å². The lowest BCUT2D eigenvalue weighted by Crippen LogP contribution is -2.22. The smallest absolute Gasteiger partial charge is 0.270 e. The number of carbonyl (C=O) groups is 1. The third kappa shape index (κ3) is 3.19. The molecule has 1 heterocycles. The summed E-state index contributed by atoms with van der Waals surface area (Å²) in [5.41, 5.74) is 1.84. The molecule has 19 heavy (non-hydrogen) atoms. The molecule has 0 radical (unpaired) electrons. The van der Waals surface area contributed by atoms with E-state index in [0.29, 0.717) is 17.7 Å². The van der Waals surface area contributed by atoms with Crippen molar-refractivity contribution in [1.82, 2.24) is 10.3 Å². The van der Waals surface area contributed by atoms with Crippen LogP contribution < -0.4 is 5.32 Å². The first-order valence-electron chi connectivity index (χ1n) is 5.72. The first-order chi connectivity index (χ1) is 9.06. The number of benzene rings is 1. The van der Waals surface area contributed by atoms with Crippen molar-refractivity contribution in [1.29, 1.82) is 0 Å². The van der Waals surface area contributed by atoms with Gasteiger partial charge < -0.3 is 10.3 Å². The lowest BCUT2D eigenvalue weighted by Gasteiger charge is -2.05. The Balaban J connectivity index is 2.12. The number of H-pyrrole nitrogens is 1. The maximum absolute atomic E-state index is 11.9. The van der Waals surface area contributed by atoms with Gasteiger partial charge in [0.05, 0.1) is 4.92 Å². The molecule has 0 saturated heterocycles. The fourth-order valence-electron chi connectivity index (χ4n) is 1.75. The minimum atomic E-state index is -0.504. The standard InChI is InChI=1S/C13H13N3O3/c1-9-4-11(6-12(5-9)16(18)19)13(17)15-8-10-2-3-14-7-10/h2-7,14H,8H2,1H3,(H,15,17). The van der Waals surface area contributed by atoms with Crippen molar-refractivity contribution in [3.05, 3.63) is 63.5 Å². The highest BCUT2D eigenvalue weighted by atomic mass is 16.6. The van der Waals surface area contributed by atoms with Crippen LogP contribution in [0.5, 0.6) is 0 Å². The molecule has 0 aliphatic rings. The largest absolute Gasteiger partial charge is 0.367 e. The lowest BCUT2D eigenvalue weighted by molar-refractivity contribution is -0.384. The number of nitrogens with one attached hydrogen (secondary N) is 2. The van der Waals surface area contributed by atoms with Crippen molar-refractivity contribution in [2.24, 2.45) is 0 Å². The molecule has 0 spiro atoms. The number of hydrogen-bond acceptors (Lipinski definition) is 3. The van der Waals surface area contributed by atoms with Crippen LogP contribution in [-0.2, 0) is 6.54 Å². The Labute approximate surface area is 109 Å². The summed E-state index contributed by atoms with van der Waals surface area (Å²) in [6, 6.07) is 6.18. The summed E-state index contributed by atoms with van der Waals surface area (Å²) in [6.45, 7) is 2.10. The number of non-ortho nitro benzene ring substituents is 1. The molecule has 2 N–H and O–H groups in total. The Bertz CT molecular complexity index is 606. The number of nitrogens with zero attached hydrogens (tertiary/aromatic N) is 1. The van der Waals surface area contributed by atoms with E-state index in [4.69, 9.17) is 0 Å². The van der Waals surface area contributed by atoms with Crippen molar-refractivity contribution in [3.63, 3.8) is 0 Å². The highest BCUT2D eigenvalue weighted by Crippen LogP contribution is 2.16. The van der Waals surface area contributed by atoms with Gasteiger partial charge in [-0.05, 0) is 30.2 Å². The number of nitro benzene ring substituents is 1. The second-order valence-corrected chi connectivity index (χ2v) is 4.22. The number of amides is 1. The predicted molar refractivity (Wildman–Crippen MR) is 69.8 cm³/mol. The third-order valence-corrected chi connectivity index (χ3v) is 2.65. The first kappa shape index (κ1) is 12.8. The topological polar surface area (TPSA) is 88.0 Å². The molecule has 0 saturated carbocycles. The maximum Gasteiger partial charge on any atom is 0.270 e. The molecule has 0 fully saturated rings. The molecule has 0 aliphatic heterocycles. The second-order valence-electron chi connectivity index (χ2n) is 4.22. The summed E-state index contributed by atoms with van der Waals surface area (Å²) in [5, 5.41) is 13.5. The van der Waals surface area contributed by atoms with Gasteiger partial charge in [-0.25, -0.2) is 0 Å². The van der Waals surface area contributed by atoms with Crippen molar-refractivity contribution in [2.45, 2.75) is 13.5 Å². The van der Waals surface area contributed by atoms with Crippen LogP contribution in [0.2, 0.25) is 0 Å². The van der Waals surface area contributed by atoms with Crippen LogP contribution in [0, 0.1) is 17.0 Å². The van der Waals surface area contributed by atoms with E-state index in [1.165, 1.54) is 12.1 Å². The van der Waals surface area contributed by atoms with Gasteiger partial charge in [0.15, 0.2) is 0 Å². The minimum Gasteiger partial charge on any atom is -0.367 e. The Morgan fingerprint density at radius 2 is 2.21 bits per heavy atom. The highest BCUT2D eigenvalue weighted by molar-refractivity contribution is 5.95. The zero-order chi connectivity index (χ0) is 13.8. The van der Waals surface area contributed by atoms with Gasteiger partial charge in [-0.2, -0.15) is 0 Å². The molecule has 1 aromatic carbocycles. The molecule has 1 aromatic heterocycles. The van der Waals surface area contributed by atoms with Gasteiger partial charge in [0, 0.05) is 36.6 Å². The molecular formula is C13H13N3O3. The van der Waals surface area contributed by atoms with Crippen LogP contribution in [0.4, 0.5) is 5.69 Å². The summed E-state index contributed by atoms with van der Waals surface area (Å²) in [5.74, 6) is -0.326. The van der Waals surface area contributed by atoms with Crippen molar-refractivity contribution < 1.29 is 9.72 Å². The molecule has 2 rings (SSSR count). The van der Waals surface area contributed by atoms with E-state index in [9.17, 15) is 14.9 Å². The van der Waals surface area contributed by atoms with Gasteiger partial charge in [0.2, 0.25) is 0 Å². The number of aromatic nitrogens is 1. The maximum atomic E-state index is 11.9. The summed E-state index contributed by atoms with van der Waals surface area (Å²) in [4.78, 5) is 25.0. The van der Waals surface area contributed by atoms with E-state index < -0.39 is 4.92 Å². The minimum absolute atomic E-state index is 0.0770. The normalized spacial score (nSPS) is 10.2. The summed E-state index contributed by atoms with van der Waals surface area (Å²) in [6.07, 6.45) is 3.54. The molecule has 1 amide bonds. The Morgan fingerprint density at radius 1 is 1.42 bits per heavy atom. The fraction of sp³-hybridized carbons (Fsp3) is 0.154. The summed E-state index contributed by atoms with van der Waals surface area (Å²) >= 11 is 0. The van der Waals surface area contributed by atoms with Gasteiger partial charge >= 0.3 is 0 Å². The first-order valence-corrected chi connectivity index (χ1v) is 5.72. The molecule has 0 bridgehead atoms. The van der Waals surface area contributed by atoms with Crippen molar-refractivity contribution >= 4 is 11.6 Å². The van der Waals surface area contributed by atoms with Crippen LogP contribution >= 0.6 is 0 Å². The van der Waals surface area contributed by atoms with E-state index in [-0.39, 0.29) is 11.6 Å². The quantitative estimate of drug-likeness (QED) is 0.651. The van der Waals surface area contributed by atoms with Gasteiger partial charge in [0.1, 0.15) is 0 Å². The SMILES string of the molecule is Cc1cc(C(=O)NCc2cc[nH]c2)cc([N+](=O)[O-])c1. The molecule has 0 unspecified atom stereocenters. The van der Waals surface area contributed by atoms with Crippen LogP contribution in [0.25, 0.3) is 0 Å². The summed E-state index contributed by atoms with van der Waals surface area (Å²) < 4.78 is 0. The zero-order valence-corrected chi connectivity index (χ0v) is 10.3. The van der Waals surface area contributed by atoms with E-state index >= 15 is 0 Å². The monoisotopic (exact) mass is 259 g/mol. The Morgan fingerprint density at radius 3 is 2.84 bits per heavy atom. The number of nitro groups is 1. The van der Waals surface area contributed by atoms with Crippen LogP contribution in [0.1, 0.15) is 21.5 Å². The van der Waals surface area contributed by atoms with Gasteiger partial charge in [-0.15, -0.1) is 0 Å². The Kier molecular flexibility index (Phi) is 3.61. The van der Waals surface area contributed by atoms with Gasteiger partial charge in [-0.3, -0.25) is 14.9 Å². The van der Waals surface area contributed by atoms with Crippen LogP contribution in [0.15, 0.2) is 36.7 Å². The predicted octanol–water partition coefficient (Wildman–Crippen LogP) is 2.16. The average molecular weight is 259 g/mol. The van der Waals surface area contributed by atoms with Crippen LogP contribution in [0.3, 0.4) is 0 Å². The van der Waals surface area contributed by atoms with E-state index in [1.54, 1.807) is 25.4 Å². The molecule has 6 nitrogen and oxygen atoms in total. The molecule has 6 heteroatoms. The average Bonchev–Trinajstić information content (AvgIpc) is 2.88. The number of rotatable bonds is 4. The fourth-order valence-corrected chi connectivity index (χ4v) is 1.75. The van der Waals surface area contributed by atoms with Crippen molar-refractivity contribution in [2.75, 3.05) is 0 Å². The van der Waals surface area contributed by atoms with Crippen LogP contribution in [-0.4, -0.2) is 15.8 Å². The van der Waals surface area contributed by atoms with Gasteiger partial charge in [-0.1, -0.05) is 0 Å². The Hall–Kier alpha value is -2.63. The molecule has 2 aromatic rings. The van der Waals surface area contributed by atoms with E-state index in [1.807, 2.05) is 6.07 Å². The number of hydrogen-bond donors (Lipinski definition) is 2. The lowest BCUT2D eigenvalue weighted by atomic mass is 10.1.